The summed E-state index contributed by atoms with van der Waals surface area (Å²) < 4.78 is 54.7. The maximum absolute atomic E-state index is 13.6. The van der Waals surface area contributed by atoms with Crippen LogP contribution in [0.4, 0.5) is 17.6 Å². The van der Waals surface area contributed by atoms with Crippen LogP contribution >= 0.6 is 0 Å². The lowest BCUT2D eigenvalue weighted by molar-refractivity contribution is -0.137. The molecule has 0 amide bonds. The second-order valence-corrected chi connectivity index (χ2v) is 7.90. The molecular weight excluding hydrogens is 424 g/mol. The molecule has 32 heavy (non-hydrogen) atoms. The Morgan fingerprint density at radius 2 is 1.97 bits per heavy atom. The molecule has 2 aromatic heterocycles. The quantitative estimate of drug-likeness (QED) is 0.443. The number of aromatic nitrogens is 3. The van der Waals surface area contributed by atoms with Crippen LogP contribution < -0.4 is 10.7 Å². The average molecular weight is 442 g/mol. The third kappa shape index (κ3) is 3.48. The van der Waals surface area contributed by atoms with E-state index in [1.54, 1.807) is 19.2 Å². The SMILES string of the molecule is Cc1c(-c2cn3c(n2)CNC(c2cccc(C(F)(F)F)c2)C3)[nH]c2ccc(F)cc2c1=O. The van der Waals surface area contributed by atoms with Crippen LogP contribution in [0.2, 0.25) is 0 Å². The number of rotatable bonds is 2. The zero-order valence-electron chi connectivity index (χ0n) is 16.9. The predicted octanol–water partition coefficient (Wildman–Crippen LogP) is 4.70. The number of H-pyrrole nitrogens is 1. The first-order valence-electron chi connectivity index (χ1n) is 10.00. The van der Waals surface area contributed by atoms with Gasteiger partial charge >= 0.3 is 6.18 Å². The molecule has 0 saturated heterocycles. The number of imidazole rings is 1. The lowest BCUT2D eigenvalue weighted by Gasteiger charge is -2.26. The molecule has 5 nitrogen and oxygen atoms in total. The number of nitrogens with one attached hydrogen (secondary N) is 2. The van der Waals surface area contributed by atoms with Crippen molar-refractivity contribution in [1.82, 2.24) is 19.9 Å². The summed E-state index contributed by atoms with van der Waals surface area (Å²) in [6.07, 6.45) is -2.62. The standard InChI is InChI=1S/C23H18F4N4O/c1-12-21(30-17-6-5-15(24)8-16(17)22(12)32)19-11-31-10-18(28-9-20(31)29-19)13-3-2-4-14(7-13)23(25,26)27/h2-8,11,18,28H,9-10H2,1H3,(H,30,32). The van der Waals surface area contributed by atoms with E-state index in [0.29, 0.717) is 46.9 Å². The molecule has 9 heteroatoms. The molecule has 0 fully saturated rings. The number of hydrogen-bond donors (Lipinski definition) is 2. The van der Waals surface area contributed by atoms with Gasteiger partial charge in [-0.05, 0) is 42.8 Å². The highest BCUT2D eigenvalue weighted by molar-refractivity contribution is 5.82. The van der Waals surface area contributed by atoms with Crippen molar-refractivity contribution in [3.63, 3.8) is 0 Å². The van der Waals surface area contributed by atoms with E-state index < -0.39 is 17.6 Å². The topological polar surface area (TPSA) is 62.7 Å². The van der Waals surface area contributed by atoms with Gasteiger partial charge in [-0.25, -0.2) is 9.37 Å². The highest BCUT2D eigenvalue weighted by atomic mass is 19.4. The number of pyridine rings is 1. The summed E-state index contributed by atoms with van der Waals surface area (Å²) in [5.41, 5.74) is 1.58. The zero-order chi connectivity index (χ0) is 22.6. The van der Waals surface area contributed by atoms with Gasteiger partial charge in [-0.3, -0.25) is 4.79 Å². The summed E-state index contributed by atoms with van der Waals surface area (Å²) in [4.78, 5) is 20.5. The minimum Gasteiger partial charge on any atom is -0.353 e. The van der Waals surface area contributed by atoms with Crippen molar-refractivity contribution in [2.45, 2.75) is 32.2 Å². The second-order valence-electron chi connectivity index (χ2n) is 7.90. The van der Waals surface area contributed by atoms with Crippen molar-refractivity contribution < 1.29 is 17.6 Å². The number of fused-ring (bicyclic) bond motifs is 2. The predicted molar refractivity (Wildman–Crippen MR) is 112 cm³/mol. The number of nitrogens with zero attached hydrogens (tertiary/aromatic N) is 2. The number of aromatic amines is 1. The lowest BCUT2D eigenvalue weighted by Crippen LogP contribution is -2.32. The highest BCUT2D eigenvalue weighted by Gasteiger charge is 2.31. The Balaban J connectivity index is 1.50. The van der Waals surface area contributed by atoms with Crippen LogP contribution in [0, 0.1) is 12.7 Å². The smallest absolute Gasteiger partial charge is 0.353 e. The van der Waals surface area contributed by atoms with Gasteiger partial charge in [0.1, 0.15) is 17.3 Å². The average Bonchev–Trinajstić information content (AvgIpc) is 3.19. The van der Waals surface area contributed by atoms with Crippen LogP contribution in [0.3, 0.4) is 0 Å². The molecule has 0 aliphatic carbocycles. The summed E-state index contributed by atoms with van der Waals surface area (Å²) in [7, 11) is 0. The summed E-state index contributed by atoms with van der Waals surface area (Å²) in [5.74, 6) is 0.224. The number of hydrogen-bond acceptors (Lipinski definition) is 3. The Morgan fingerprint density at radius 1 is 1.16 bits per heavy atom. The molecule has 0 radical (unpaired) electrons. The monoisotopic (exact) mass is 442 g/mol. The van der Waals surface area contributed by atoms with Crippen molar-refractivity contribution in [2.24, 2.45) is 0 Å². The van der Waals surface area contributed by atoms with E-state index in [-0.39, 0.29) is 16.9 Å². The minimum atomic E-state index is -4.40. The third-order valence-corrected chi connectivity index (χ3v) is 5.82. The molecular formula is C23H18F4N4O. The van der Waals surface area contributed by atoms with Crippen LogP contribution in [0.15, 0.2) is 53.5 Å². The van der Waals surface area contributed by atoms with Gasteiger partial charge in [-0.2, -0.15) is 13.2 Å². The Morgan fingerprint density at radius 3 is 2.75 bits per heavy atom. The number of alkyl halides is 3. The normalized spacial score (nSPS) is 16.3. The molecule has 5 rings (SSSR count). The molecule has 1 aliphatic rings. The molecule has 1 aliphatic heterocycles. The van der Waals surface area contributed by atoms with Crippen LogP contribution in [0.5, 0.6) is 0 Å². The maximum Gasteiger partial charge on any atom is 0.416 e. The molecule has 3 heterocycles. The van der Waals surface area contributed by atoms with Crippen LogP contribution in [-0.2, 0) is 19.3 Å². The molecule has 0 bridgehead atoms. The van der Waals surface area contributed by atoms with E-state index in [1.807, 2.05) is 4.57 Å². The fourth-order valence-corrected chi connectivity index (χ4v) is 4.12. The first kappa shape index (κ1) is 20.4. The van der Waals surface area contributed by atoms with E-state index >= 15 is 0 Å². The Kier molecular flexibility index (Phi) is 4.67. The Bertz CT molecular complexity index is 1400. The minimum absolute atomic E-state index is 0.265. The van der Waals surface area contributed by atoms with Crippen LogP contribution in [0.25, 0.3) is 22.3 Å². The third-order valence-electron chi connectivity index (χ3n) is 5.82. The van der Waals surface area contributed by atoms with E-state index in [4.69, 9.17) is 0 Å². The molecule has 2 N–H and O–H groups in total. The molecule has 0 spiro atoms. The van der Waals surface area contributed by atoms with Gasteiger partial charge in [-0.1, -0.05) is 12.1 Å². The van der Waals surface area contributed by atoms with E-state index in [1.165, 1.54) is 24.3 Å². The van der Waals surface area contributed by atoms with E-state index in [0.717, 1.165) is 12.1 Å². The van der Waals surface area contributed by atoms with Crippen LogP contribution in [0.1, 0.15) is 28.6 Å². The summed E-state index contributed by atoms with van der Waals surface area (Å²) >= 11 is 0. The molecule has 1 atom stereocenters. The van der Waals surface area contributed by atoms with Crippen molar-refractivity contribution in [3.8, 4) is 11.4 Å². The van der Waals surface area contributed by atoms with Gasteiger partial charge in [0.15, 0.2) is 5.43 Å². The van der Waals surface area contributed by atoms with Gasteiger partial charge in [0.25, 0.3) is 0 Å². The van der Waals surface area contributed by atoms with Crippen molar-refractivity contribution in [3.05, 3.63) is 87.2 Å². The van der Waals surface area contributed by atoms with Crippen molar-refractivity contribution in [2.75, 3.05) is 0 Å². The molecule has 4 aromatic rings. The van der Waals surface area contributed by atoms with Crippen molar-refractivity contribution in [1.29, 1.82) is 0 Å². The fraction of sp³-hybridized carbons (Fsp3) is 0.217. The summed E-state index contributed by atoms with van der Waals surface area (Å²) in [6.45, 7) is 2.41. The lowest BCUT2D eigenvalue weighted by atomic mass is 10.0. The van der Waals surface area contributed by atoms with Crippen molar-refractivity contribution >= 4 is 10.9 Å². The molecule has 0 saturated carbocycles. The first-order valence-corrected chi connectivity index (χ1v) is 10.00. The van der Waals surface area contributed by atoms with Gasteiger partial charge < -0.3 is 14.9 Å². The Labute approximate surface area is 179 Å². The summed E-state index contributed by atoms with van der Waals surface area (Å²) in [5, 5.41) is 3.50. The zero-order valence-corrected chi connectivity index (χ0v) is 16.9. The molecule has 1 unspecified atom stereocenters. The molecule has 2 aromatic carbocycles. The van der Waals surface area contributed by atoms with Gasteiger partial charge in [0.05, 0.1) is 23.8 Å². The van der Waals surface area contributed by atoms with E-state index in [9.17, 15) is 22.4 Å². The fourth-order valence-electron chi connectivity index (χ4n) is 4.12. The second kappa shape index (κ2) is 7.30. The van der Waals surface area contributed by atoms with E-state index in [2.05, 4.69) is 15.3 Å². The maximum atomic E-state index is 13.6. The first-order chi connectivity index (χ1) is 15.2. The van der Waals surface area contributed by atoms with Crippen LogP contribution in [-0.4, -0.2) is 14.5 Å². The number of benzene rings is 2. The number of halogens is 4. The van der Waals surface area contributed by atoms with Gasteiger partial charge in [0, 0.05) is 29.2 Å². The largest absolute Gasteiger partial charge is 0.416 e. The van der Waals surface area contributed by atoms with Gasteiger partial charge in [-0.15, -0.1) is 0 Å². The van der Waals surface area contributed by atoms with Gasteiger partial charge in [0.2, 0.25) is 0 Å². The Hall–Kier alpha value is -3.46. The summed E-state index contributed by atoms with van der Waals surface area (Å²) in [6, 6.07) is 8.96. The highest BCUT2D eigenvalue weighted by Crippen LogP contribution is 2.32. The molecule has 164 valence electrons.